The molecule has 22 heavy (non-hydrogen) atoms. The van der Waals surface area contributed by atoms with E-state index >= 15 is 0 Å². The molecule has 3 aromatic heterocycles. The zero-order valence-corrected chi connectivity index (χ0v) is 11.2. The molecule has 6 nitrogen and oxygen atoms in total. The van der Waals surface area contributed by atoms with Gasteiger partial charge in [0.1, 0.15) is 0 Å². The van der Waals surface area contributed by atoms with Crippen LogP contribution in [0.25, 0.3) is 22.8 Å². The fourth-order valence-corrected chi connectivity index (χ4v) is 1.70. The second-order valence-electron chi connectivity index (χ2n) is 4.25. The van der Waals surface area contributed by atoms with Gasteiger partial charge in [-0.25, -0.2) is 13.8 Å². The van der Waals surface area contributed by atoms with Crippen LogP contribution >= 0.6 is 0 Å². The summed E-state index contributed by atoms with van der Waals surface area (Å²) in [5, 5.41) is 3.87. The Labute approximate surface area is 123 Å². The molecule has 3 aromatic rings. The molecule has 0 radical (unpaired) electrons. The van der Waals surface area contributed by atoms with E-state index in [1.54, 1.807) is 30.6 Å². The average molecular weight is 304 g/mol. The van der Waals surface area contributed by atoms with Crippen LogP contribution in [0.4, 0.5) is 8.78 Å². The van der Waals surface area contributed by atoms with E-state index in [4.69, 9.17) is 9.26 Å². The highest BCUT2D eigenvalue weighted by Crippen LogP contribution is 2.22. The molecule has 0 aliphatic carbocycles. The van der Waals surface area contributed by atoms with Crippen molar-refractivity contribution < 1.29 is 18.0 Å². The predicted octanol–water partition coefficient (Wildman–Crippen LogP) is 2.84. The summed E-state index contributed by atoms with van der Waals surface area (Å²) in [5.41, 5.74) is 1.34. The molecule has 3 heterocycles. The van der Waals surface area contributed by atoms with Crippen molar-refractivity contribution in [3.63, 3.8) is 0 Å². The zero-order chi connectivity index (χ0) is 15.4. The van der Waals surface area contributed by atoms with E-state index in [0.717, 1.165) is 5.56 Å². The van der Waals surface area contributed by atoms with Crippen LogP contribution in [0.1, 0.15) is 0 Å². The third kappa shape index (κ3) is 3.22. The SMILES string of the molecule is FC(F)COc1ccc(-c2nc(-c3ccncc3)no2)cn1. The Bertz CT molecular complexity index is 732. The van der Waals surface area contributed by atoms with E-state index in [9.17, 15) is 8.78 Å². The van der Waals surface area contributed by atoms with E-state index in [2.05, 4.69) is 20.1 Å². The van der Waals surface area contributed by atoms with Gasteiger partial charge in [-0.05, 0) is 18.2 Å². The highest BCUT2D eigenvalue weighted by atomic mass is 19.3. The van der Waals surface area contributed by atoms with Gasteiger partial charge in [0.05, 0.1) is 5.56 Å². The maximum absolute atomic E-state index is 12.0. The van der Waals surface area contributed by atoms with Gasteiger partial charge in [0, 0.05) is 30.2 Å². The molecular weight excluding hydrogens is 294 g/mol. The van der Waals surface area contributed by atoms with E-state index in [1.165, 1.54) is 12.3 Å². The van der Waals surface area contributed by atoms with Crippen LogP contribution in [-0.2, 0) is 0 Å². The topological polar surface area (TPSA) is 73.9 Å². The molecule has 0 atom stereocenters. The summed E-state index contributed by atoms with van der Waals surface area (Å²) >= 11 is 0. The fourth-order valence-electron chi connectivity index (χ4n) is 1.70. The summed E-state index contributed by atoms with van der Waals surface area (Å²) in [5.74, 6) is 0.813. The summed E-state index contributed by atoms with van der Waals surface area (Å²) in [6, 6.07) is 6.59. The molecule has 0 amide bonds. The Hall–Kier alpha value is -2.90. The number of rotatable bonds is 5. The summed E-state index contributed by atoms with van der Waals surface area (Å²) < 4.78 is 34.0. The maximum Gasteiger partial charge on any atom is 0.272 e. The lowest BCUT2D eigenvalue weighted by molar-refractivity contribution is 0.0796. The van der Waals surface area contributed by atoms with Gasteiger partial charge in [-0.3, -0.25) is 4.98 Å². The maximum atomic E-state index is 12.0. The number of ether oxygens (including phenoxy) is 1. The Kier molecular flexibility index (Phi) is 3.99. The van der Waals surface area contributed by atoms with Gasteiger partial charge in [0.2, 0.25) is 11.7 Å². The number of hydrogen-bond acceptors (Lipinski definition) is 6. The first-order chi connectivity index (χ1) is 10.7. The van der Waals surface area contributed by atoms with Gasteiger partial charge in [-0.2, -0.15) is 4.98 Å². The quantitative estimate of drug-likeness (QED) is 0.721. The second-order valence-corrected chi connectivity index (χ2v) is 4.25. The lowest BCUT2D eigenvalue weighted by atomic mass is 10.2. The molecule has 0 spiro atoms. The van der Waals surface area contributed by atoms with E-state index in [1.807, 2.05) is 0 Å². The number of pyridine rings is 2. The highest BCUT2D eigenvalue weighted by molar-refractivity contribution is 5.58. The summed E-state index contributed by atoms with van der Waals surface area (Å²) in [6.45, 7) is -0.695. The van der Waals surface area contributed by atoms with Crippen LogP contribution in [0, 0.1) is 0 Å². The number of alkyl halides is 2. The van der Waals surface area contributed by atoms with Crippen molar-refractivity contribution in [1.29, 1.82) is 0 Å². The second kappa shape index (κ2) is 6.25. The van der Waals surface area contributed by atoms with Crippen molar-refractivity contribution in [2.24, 2.45) is 0 Å². The first kappa shape index (κ1) is 14.1. The van der Waals surface area contributed by atoms with E-state index in [0.29, 0.717) is 11.4 Å². The molecule has 0 fully saturated rings. The first-order valence-corrected chi connectivity index (χ1v) is 6.34. The van der Waals surface area contributed by atoms with Crippen molar-refractivity contribution >= 4 is 0 Å². The van der Waals surface area contributed by atoms with Crippen molar-refractivity contribution in [3.05, 3.63) is 42.9 Å². The molecule has 0 aromatic carbocycles. The van der Waals surface area contributed by atoms with Gasteiger partial charge in [0.25, 0.3) is 12.3 Å². The van der Waals surface area contributed by atoms with Crippen LogP contribution in [-0.4, -0.2) is 33.1 Å². The zero-order valence-electron chi connectivity index (χ0n) is 11.2. The summed E-state index contributed by atoms with van der Waals surface area (Å²) in [4.78, 5) is 12.1. The molecule has 0 saturated carbocycles. The van der Waals surface area contributed by atoms with Crippen LogP contribution < -0.4 is 4.74 Å². The Morgan fingerprint density at radius 3 is 2.59 bits per heavy atom. The molecule has 0 unspecified atom stereocenters. The Balaban J connectivity index is 1.76. The number of nitrogens with zero attached hydrogens (tertiary/aromatic N) is 4. The molecule has 0 saturated heterocycles. The van der Waals surface area contributed by atoms with Crippen molar-refractivity contribution in [1.82, 2.24) is 20.1 Å². The lowest BCUT2D eigenvalue weighted by Crippen LogP contribution is -2.07. The smallest absolute Gasteiger partial charge is 0.272 e. The van der Waals surface area contributed by atoms with Crippen LogP contribution in [0.3, 0.4) is 0 Å². The van der Waals surface area contributed by atoms with Crippen LogP contribution in [0.15, 0.2) is 47.4 Å². The van der Waals surface area contributed by atoms with Crippen LogP contribution in [0.5, 0.6) is 5.88 Å². The fraction of sp³-hybridized carbons (Fsp3) is 0.143. The van der Waals surface area contributed by atoms with Gasteiger partial charge in [-0.15, -0.1) is 0 Å². The number of aromatic nitrogens is 4. The normalized spacial score (nSPS) is 10.9. The summed E-state index contributed by atoms with van der Waals surface area (Å²) in [6.07, 6.45) is 2.13. The average Bonchev–Trinajstić information content (AvgIpc) is 3.04. The Morgan fingerprint density at radius 2 is 1.91 bits per heavy atom. The molecule has 3 rings (SSSR count). The number of hydrogen-bond donors (Lipinski definition) is 0. The summed E-state index contributed by atoms with van der Waals surface area (Å²) in [7, 11) is 0. The highest BCUT2D eigenvalue weighted by Gasteiger charge is 2.11. The molecule has 0 aliphatic heterocycles. The minimum absolute atomic E-state index is 0.109. The molecule has 0 aliphatic rings. The molecule has 0 N–H and O–H groups in total. The van der Waals surface area contributed by atoms with Gasteiger partial charge in [0.15, 0.2) is 6.61 Å². The van der Waals surface area contributed by atoms with Crippen LogP contribution in [0.2, 0.25) is 0 Å². The third-order valence-corrected chi connectivity index (χ3v) is 2.71. The molecule has 0 bridgehead atoms. The first-order valence-electron chi connectivity index (χ1n) is 6.34. The molecular formula is C14H10F2N4O2. The monoisotopic (exact) mass is 304 g/mol. The van der Waals surface area contributed by atoms with Crippen molar-refractivity contribution in [2.75, 3.05) is 6.61 Å². The third-order valence-electron chi connectivity index (χ3n) is 2.71. The molecule has 112 valence electrons. The lowest BCUT2D eigenvalue weighted by Gasteiger charge is -2.03. The minimum atomic E-state index is -2.54. The predicted molar refractivity (Wildman–Crippen MR) is 72.3 cm³/mol. The standard InChI is InChI=1S/C14H10F2N4O2/c15-11(16)8-21-12-2-1-10(7-18-12)14-19-13(20-22-14)9-3-5-17-6-4-9/h1-7,11H,8H2. The minimum Gasteiger partial charge on any atom is -0.472 e. The van der Waals surface area contributed by atoms with Gasteiger partial charge >= 0.3 is 0 Å². The van der Waals surface area contributed by atoms with E-state index < -0.39 is 13.0 Å². The largest absolute Gasteiger partial charge is 0.472 e. The number of halogens is 2. The van der Waals surface area contributed by atoms with Crippen molar-refractivity contribution in [3.8, 4) is 28.7 Å². The van der Waals surface area contributed by atoms with Gasteiger partial charge < -0.3 is 9.26 Å². The Morgan fingerprint density at radius 1 is 1.09 bits per heavy atom. The van der Waals surface area contributed by atoms with E-state index in [-0.39, 0.29) is 11.8 Å². The van der Waals surface area contributed by atoms with Crippen molar-refractivity contribution in [2.45, 2.75) is 6.43 Å². The molecule has 8 heteroatoms. The van der Waals surface area contributed by atoms with Gasteiger partial charge in [-0.1, -0.05) is 5.16 Å².